The molecule has 98 valence electrons. The third-order valence-corrected chi connectivity index (χ3v) is 3.85. The molecule has 2 aromatic rings. The Balaban J connectivity index is 2.13. The number of carbonyl (C=O) groups excluding carboxylic acids is 1. The molecule has 19 heavy (non-hydrogen) atoms. The van der Waals surface area contributed by atoms with Gasteiger partial charge in [-0.05, 0) is 35.4 Å². The van der Waals surface area contributed by atoms with Gasteiger partial charge < -0.3 is 9.66 Å². The van der Waals surface area contributed by atoms with Crippen LogP contribution in [-0.4, -0.2) is 21.2 Å². The van der Waals surface area contributed by atoms with E-state index in [4.69, 9.17) is 0 Å². The van der Waals surface area contributed by atoms with Crippen molar-refractivity contribution in [3.05, 3.63) is 59.9 Å². The second-order valence-electron chi connectivity index (χ2n) is 3.89. The fourth-order valence-corrected chi connectivity index (χ4v) is 2.61. The van der Waals surface area contributed by atoms with Crippen LogP contribution in [0.4, 0.5) is 4.39 Å². The molecule has 0 saturated heterocycles. The van der Waals surface area contributed by atoms with Crippen molar-refractivity contribution in [3.63, 3.8) is 0 Å². The average Bonchev–Trinajstić information content (AvgIpc) is 2.39. The lowest BCUT2D eigenvalue weighted by molar-refractivity contribution is 0.101. The maximum absolute atomic E-state index is 12.8. The van der Waals surface area contributed by atoms with Crippen LogP contribution < -0.4 is 0 Å². The molecule has 0 saturated carbocycles. The predicted molar refractivity (Wildman–Crippen MR) is 70.1 cm³/mol. The van der Waals surface area contributed by atoms with Crippen molar-refractivity contribution < 1.29 is 18.8 Å². The standard InChI is InChI=1S/C14H11FO3S/c15-10-6-7-12(13(16)8-10)14(17)9-19(18)11-4-2-1-3-5-11/h1-8,16H,9H2. The summed E-state index contributed by atoms with van der Waals surface area (Å²) in [5.41, 5.74) is -0.0225. The van der Waals surface area contributed by atoms with Crippen LogP contribution in [0.2, 0.25) is 0 Å². The van der Waals surface area contributed by atoms with Crippen molar-refractivity contribution in [3.8, 4) is 5.75 Å². The molecular weight excluding hydrogens is 267 g/mol. The molecule has 0 aliphatic carbocycles. The Hall–Kier alpha value is -1.85. The van der Waals surface area contributed by atoms with E-state index >= 15 is 0 Å². The summed E-state index contributed by atoms with van der Waals surface area (Å²) >= 11 is -1.48. The molecule has 0 aliphatic rings. The molecule has 3 nitrogen and oxygen atoms in total. The number of ketones is 1. The van der Waals surface area contributed by atoms with E-state index in [0.717, 1.165) is 12.1 Å². The van der Waals surface area contributed by atoms with Crippen molar-refractivity contribution in [2.45, 2.75) is 4.90 Å². The summed E-state index contributed by atoms with van der Waals surface area (Å²) in [7, 11) is 0. The molecule has 0 bridgehead atoms. The second kappa shape index (κ2) is 5.86. The summed E-state index contributed by atoms with van der Waals surface area (Å²) in [4.78, 5) is 12.4. The molecular formula is C14H11FO3S. The monoisotopic (exact) mass is 278 g/mol. The Kier molecular flexibility index (Phi) is 4.19. The lowest BCUT2D eigenvalue weighted by Gasteiger charge is -2.10. The molecule has 5 heteroatoms. The molecule has 2 rings (SSSR count). The third-order valence-electron chi connectivity index (χ3n) is 2.53. The highest BCUT2D eigenvalue weighted by Crippen LogP contribution is 2.20. The maximum Gasteiger partial charge on any atom is 0.216 e. The van der Waals surface area contributed by atoms with Gasteiger partial charge in [0.1, 0.15) is 11.6 Å². The van der Waals surface area contributed by atoms with Crippen molar-refractivity contribution >= 4 is 17.0 Å². The number of hydrogen-bond donors (Lipinski definition) is 1. The predicted octanol–water partition coefficient (Wildman–Crippen LogP) is 2.52. The summed E-state index contributed by atoms with van der Waals surface area (Å²) in [5, 5.41) is 9.49. The van der Waals surface area contributed by atoms with Crippen LogP contribution in [0.25, 0.3) is 0 Å². The molecule has 0 aliphatic heterocycles. The Bertz CT molecular complexity index is 586. The van der Waals surface area contributed by atoms with Gasteiger partial charge in [-0.2, -0.15) is 0 Å². The zero-order valence-electron chi connectivity index (χ0n) is 9.88. The van der Waals surface area contributed by atoms with E-state index in [1.54, 1.807) is 30.3 Å². The van der Waals surface area contributed by atoms with Crippen LogP contribution in [0.1, 0.15) is 10.4 Å². The van der Waals surface area contributed by atoms with Crippen LogP contribution in [-0.2, 0) is 11.2 Å². The van der Waals surface area contributed by atoms with E-state index in [0.29, 0.717) is 4.90 Å². The smallest absolute Gasteiger partial charge is 0.216 e. The molecule has 0 amide bonds. The van der Waals surface area contributed by atoms with Gasteiger partial charge in [-0.25, -0.2) is 4.39 Å². The number of phenols is 1. The first kappa shape index (κ1) is 13.6. The molecule has 0 aromatic heterocycles. The highest BCUT2D eigenvalue weighted by atomic mass is 32.2. The number of hydrogen-bond acceptors (Lipinski definition) is 3. The Morgan fingerprint density at radius 3 is 2.53 bits per heavy atom. The number of rotatable bonds is 4. The van der Waals surface area contributed by atoms with Gasteiger partial charge >= 0.3 is 0 Å². The Labute approximate surface area is 112 Å². The summed E-state index contributed by atoms with van der Waals surface area (Å²) < 4.78 is 24.7. The fraction of sp³-hybridized carbons (Fsp3) is 0.0714. The van der Waals surface area contributed by atoms with E-state index < -0.39 is 28.5 Å². The molecule has 2 aromatic carbocycles. The summed E-state index contributed by atoms with van der Waals surface area (Å²) in [6.45, 7) is 0. The zero-order chi connectivity index (χ0) is 13.8. The lowest BCUT2D eigenvalue weighted by Crippen LogP contribution is -2.16. The van der Waals surface area contributed by atoms with Crippen LogP contribution in [0.5, 0.6) is 5.75 Å². The number of phenolic OH excluding ortho intramolecular Hbond substituents is 1. The molecule has 1 N–H and O–H groups in total. The number of halogens is 1. The van der Waals surface area contributed by atoms with Gasteiger partial charge in [0, 0.05) is 6.07 Å². The lowest BCUT2D eigenvalue weighted by atomic mass is 10.1. The van der Waals surface area contributed by atoms with Gasteiger partial charge in [0.25, 0.3) is 0 Å². The van der Waals surface area contributed by atoms with Gasteiger partial charge in [0.2, 0.25) is 5.78 Å². The van der Waals surface area contributed by atoms with Gasteiger partial charge in [0.15, 0.2) is 10.6 Å². The first-order valence-electron chi connectivity index (χ1n) is 5.53. The van der Waals surface area contributed by atoms with Gasteiger partial charge in [0.05, 0.1) is 5.56 Å². The normalized spacial score (nSPS) is 12.1. The topological polar surface area (TPSA) is 60.4 Å². The summed E-state index contributed by atoms with van der Waals surface area (Å²) in [5.74, 6) is -1.79. The average molecular weight is 278 g/mol. The quantitative estimate of drug-likeness (QED) is 0.690. The highest BCUT2D eigenvalue weighted by molar-refractivity contribution is 7.92. The number of Topliss-reactive ketones (excluding diaryl/α,β-unsaturated/α-hetero) is 1. The van der Waals surface area contributed by atoms with Crippen LogP contribution in [0.15, 0.2) is 53.4 Å². The zero-order valence-corrected chi connectivity index (χ0v) is 10.7. The minimum absolute atomic E-state index is 0.0225. The maximum atomic E-state index is 12.8. The third kappa shape index (κ3) is 3.33. The number of carbonyl (C=O) groups is 1. The molecule has 0 heterocycles. The fourth-order valence-electron chi connectivity index (χ4n) is 1.59. The van der Waals surface area contributed by atoms with Crippen molar-refractivity contribution in [2.75, 3.05) is 5.75 Å². The van der Waals surface area contributed by atoms with Crippen molar-refractivity contribution in [1.82, 2.24) is 0 Å². The number of benzene rings is 2. The summed E-state index contributed by atoms with van der Waals surface area (Å²) in [6.07, 6.45) is 0. The van der Waals surface area contributed by atoms with Crippen molar-refractivity contribution in [1.29, 1.82) is 0 Å². The molecule has 1 unspecified atom stereocenters. The first-order valence-corrected chi connectivity index (χ1v) is 6.85. The molecule has 0 radical (unpaired) electrons. The summed E-state index contributed by atoms with van der Waals surface area (Å²) in [6, 6.07) is 11.7. The highest BCUT2D eigenvalue weighted by Gasteiger charge is 2.20. The Morgan fingerprint density at radius 1 is 1.21 bits per heavy atom. The van der Waals surface area contributed by atoms with E-state index in [-0.39, 0.29) is 11.3 Å². The SMILES string of the molecule is O=C(C[S+]([O-])c1ccccc1)c1ccc(F)cc1O. The Morgan fingerprint density at radius 2 is 1.89 bits per heavy atom. The first-order chi connectivity index (χ1) is 9.08. The minimum atomic E-state index is -1.48. The van der Waals surface area contributed by atoms with E-state index in [1.807, 2.05) is 0 Å². The van der Waals surface area contributed by atoms with Gasteiger partial charge in [-0.3, -0.25) is 4.79 Å². The number of aromatic hydroxyl groups is 1. The van der Waals surface area contributed by atoms with E-state index in [2.05, 4.69) is 0 Å². The van der Waals surface area contributed by atoms with Gasteiger partial charge in [-0.15, -0.1) is 0 Å². The van der Waals surface area contributed by atoms with E-state index in [9.17, 15) is 18.8 Å². The van der Waals surface area contributed by atoms with Crippen LogP contribution >= 0.6 is 0 Å². The van der Waals surface area contributed by atoms with Crippen LogP contribution in [0.3, 0.4) is 0 Å². The largest absolute Gasteiger partial charge is 0.611 e. The second-order valence-corrected chi connectivity index (χ2v) is 5.34. The molecule has 1 atom stereocenters. The van der Waals surface area contributed by atoms with Gasteiger partial charge in [-0.1, -0.05) is 18.2 Å². The minimum Gasteiger partial charge on any atom is -0.611 e. The molecule has 0 spiro atoms. The van der Waals surface area contributed by atoms with E-state index in [1.165, 1.54) is 6.07 Å². The van der Waals surface area contributed by atoms with Crippen LogP contribution in [0, 0.1) is 5.82 Å². The molecule has 0 fully saturated rings. The van der Waals surface area contributed by atoms with Crippen molar-refractivity contribution in [2.24, 2.45) is 0 Å².